The van der Waals surface area contributed by atoms with Gasteiger partial charge in [0.05, 0.1) is 12.1 Å². The van der Waals surface area contributed by atoms with Crippen LogP contribution < -0.4 is 5.32 Å². The second-order valence-corrected chi connectivity index (χ2v) is 4.99. The molecule has 4 nitrogen and oxygen atoms in total. The zero-order chi connectivity index (χ0) is 14.6. The minimum absolute atomic E-state index is 0.157. The summed E-state index contributed by atoms with van der Waals surface area (Å²) < 4.78 is 1.87. The number of rotatable bonds is 5. The number of carbonyl (C=O) groups is 1. The van der Waals surface area contributed by atoms with Gasteiger partial charge in [-0.05, 0) is 31.5 Å². The third-order valence-corrected chi connectivity index (χ3v) is 3.52. The molecule has 0 aliphatic carbocycles. The normalized spacial score (nSPS) is 13.8. The number of aliphatic hydroxyl groups excluding tert-OH is 1. The summed E-state index contributed by atoms with van der Waals surface area (Å²) in [5, 5.41) is 12.6. The maximum absolute atomic E-state index is 12.4. The average molecular weight is 272 g/mol. The van der Waals surface area contributed by atoms with Gasteiger partial charge >= 0.3 is 0 Å². The van der Waals surface area contributed by atoms with Gasteiger partial charge in [0.1, 0.15) is 5.69 Å². The Labute approximate surface area is 119 Å². The quantitative estimate of drug-likeness (QED) is 0.876. The molecule has 20 heavy (non-hydrogen) atoms. The van der Waals surface area contributed by atoms with E-state index in [0.29, 0.717) is 5.69 Å². The summed E-state index contributed by atoms with van der Waals surface area (Å²) >= 11 is 0. The van der Waals surface area contributed by atoms with Crippen LogP contribution in [-0.4, -0.2) is 22.2 Å². The molecule has 0 radical (unpaired) electrons. The van der Waals surface area contributed by atoms with Crippen molar-refractivity contribution >= 4 is 5.91 Å². The van der Waals surface area contributed by atoms with Crippen LogP contribution in [0.1, 0.15) is 29.9 Å². The predicted molar refractivity (Wildman–Crippen MR) is 78.5 cm³/mol. The Morgan fingerprint density at radius 1 is 1.25 bits per heavy atom. The van der Waals surface area contributed by atoms with Crippen LogP contribution in [0.15, 0.2) is 48.7 Å². The van der Waals surface area contributed by atoms with Crippen LogP contribution >= 0.6 is 0 Å². The first-order valence-corrected chi connectivity index (χ1v) is 6.75. The van der Waals surface area contributed by atoms with Gasteiger partial charge in [-0.2, -0.15) is 0 Å². The number of amides is 1. The number of aliphatic hydroxyl groups is 1. The topological polar surface area (TPSA) is 54.3 Å². The summed E-state index contributed by atoms with van der Waals surface area (Å²) in [6.45, 7) is 4.38. The van der Waals surface area contributed by atoms with Crippen LogP contribution in [0.5, 0.6) is 0 Å². The summed E-state index contributed by atoms with van der Waals surface area (Å²) in [5.41, 5.74) is 0.690. The molecular weight excluding hydrogens is 252 g/mol. The van der Waals surface area contributed by atoms with E-state index in [1.165, 1.54) is 0 Å². The fraction of sp³-hybridized carbons (Fsp3) is 0.312. The summed E-state index contributed by atoms with van der Waals surface area (Å²) in [7, 11) is 0. The number of nitrogens with one attached hydrogen (secondary N) is 1. The minimum Gasteiger partial charge on any atom is -0.394 e. The van der Waals surface area contributed by atoms with Crippen molar-refractivity contribution in [2.24, 2.45) is 0 Å². The Balaban J connectivity index is 2.24. The highest BCUT2D eigenvalue weighted by molar-refractivity contribution is 5.93. The summed E-state index contributed by atoms with van der Waals surface area (Å²) in [4.78, 5) is 12.4. The average Bonchev–Trinajstić information content (AvgIpc) is 2.96. The highest BCUT2D eigenvalue weighted by Crippen LogP contribution is 2.20. The van der Waals surface area contributed by atoms with E-state index in [-0.39, 0.29) is 12.5 Å². The smallest absolute Gasteiger partial charge is 0.268 e. The fourth-order valence-corrected chi connectivity index (χ4v) is 2.22. The number of nitrogens with zero attached hydrogens (tertiary/aromatic N) is 1. The second kappa shape index (κ2) is 5.92. The van der Waals surface area contributed by atoms with Crippen LogP contribution in [0.2, 0.25) is 0 Å². The zero-order valence-corrected chi connectivity index (χ0v) is 11.8. The molecule has 0 bridgehead atoms. The largest absolute Gasteiger partial charge is 0.394 e. The number of benzene rings is 1. The Hall–Kier alpha value is -2.07. The Kier molecular flexibility index (Phi) is 4.25. The highest BCUT2D eigenvalue weighted by atomic mass is 16.3. The molecule has 1 heterocycles. The molecule has 0 aliphatic rings. The van der Waals surface area contributed by atoms with Gasteiger partial charge < -0.3 is 15.0 Å². The lowest BCUT2D eigenvalue weighted by Gasteiger charge is -2.29. The van der Waals surface area contributed by atoms with E-state index in [4.69, 9.17) is 0 Å². The lowest BCUT2D eigenvalue weighted by atomic mass is 9.93. The molecule has 1 unspecified atom stereocenters. The van der Waals surface area contributed by atoms with E-state index in [2.05, 4.69) is 5.32 Å². The molecule has 1 atom stereocenters. The lowest BCUT2D eigenvalue weighted by Crippen LogP contribution is -2.46. The second-order valence-electron chi connectivity index (χ2n) is 4.99. The van der Waals surface area contributed by atoms with Crippen molar-refractivity contribution in [2.45, 2.75) is 25.9 Å². The minimum atomic E-state index is -0.790. The number of carbonyl (C=O) groups excluding carboxylic acids is 1. The molecule has 1 aromatic heterocycles. The van der Waals surface area contributed by atoms with E-state index < -0.39 is 5.54 Å². The molecule has 0 spiro atoms. The summed E-state index contributed by atoms with van der Waals surface area (Å²) in [5.74, 6) is -0.183. The number of hydrogen-bond donors (Lipinski definition) is 2. The first-order chi connectivity index (χ1) is 9.60. The molecule has 0 fully saturated rings. The molecule has 106 valence electrons. The van der Waals surface area contributed by atoms with Crippen molar-refractivity contribution in [3.63, 3.8) is 0 Å². The van der Waals surface area contributed by atoms with Gasteiger partial charge in [0.15, 0.2) is 0 Å². The molecule has 0 aliphatic heterocycles. The first kappa shape index (κ1) is 14.3. The summed E-state index contributed by atoms with van der Waals surface area (Å²) in [6, 6.07) is 13.1. The van der Waals surface area contributed by atoms with Crippen LogP contribution in [0.25, 0.3) is 0 Å². The maximum atomic E-state index is 12.4. The Morgan fingerprint density at radius 2 is 1.95 bits per heavy atom. The van der Waals surface area contributed by atoms with Crippen molar-refractivity contribution < 1.29 is 9.90 Å². The van der Waals surface area contributed by atoms with Gasteiger partial charge in [-0.3, -0.25) is 4.79 Å². The Morgan fingerprint density at radius 3 is 2.55 bits per heavy atom. The molecule has 2 rings (SSSR count). The van der Waals surface area contributed by atoms with E-state index in [1.807, 2.05) is 61.0 Å². The number of aromatic nitrogens is 1. The van der Waals surface area contributed by atoms with E-state index in [1.54, 1.807) is 6.07 Å². The van der Waals surface area contributed by atoms with Crippen molar-refractivity contribution in [1.82, 2.24) is 9.88 Å². The SMILES string of the molecule is CCn1cccc1C(=O)NC(C)(CO)c1ccccc1. The molecule has 1 amide bonds. The molecule has 2 aromatic rings. The molecule has 1 aromatic carbocycles. The van der Waals surface area contributed by atoms with E-state index in [0.717, 1.165) is 12.1 Å². The van der Waals surface area contributed by atoms with Crippen LogP contribution in [0, 0.1) is 0 Å². The van der Waals surface area contributed by atoms with Crippen LogP contribution in [0.4, 0.5) is 0 Å². The first-order valence-electron chi connectivity index (χ1n) is 6.75. The van der Waals surface area contributed by atoms with Crippen molar-refractivity contribution in [3.05, 3.63) is 59.9 Å². The number of hydrogen-bond acceptors (Lipinski definition) is 2. The molecule has 4 heteroatoms. The zero-order valence-electron chi connectivity index (χ0n) is 11.8. The van der Waals surface area contributed by atoms with Gasteiger partial charge in [0, 0.05) is 12.7 Å². The van der Waals surface area contributed by atoms with Crippen molar-refractivity contribution in [3.8, 4) is 0 Å². The fourth-order valence-electron chi connectivity index (χ4n) is 2.22. The van der Waals surface area contributed by atoms with Gasteiger partial charge in [0.25, 0.3) is 5.91 Å². The number of aryl methyl sites for hydroxylation is 1. The third kappa shape index (κ3) is 2.75. The summed E-state index contributed by atoms with van der Waals surface area (Å²) in [6.07, 6.45) is 1.87. The highest BCUT2D eigenvalue weighted by Gasteiger charge is 2.28. The van der Waals surface area contributed by atoms with Crippen molar-refractivity contribution in [1.29, 1.82) is 0 Å². The Bertz CT molecular complexity index is 577. The van der Waals surface area contributed by atoms with Gasteiger partial charge in [0.2, 0.25) is 0 Å². The molecular formula is C16H20N2O2. The van der Waals surface area contributed by atoms with E-state index >= 15 is 0 Å². The third-order valence-electron chi connectivity index (χ3n) is 3.52. The standard InChI is InChI=1S/C16H20N2O2/c1-3-18-11-7-10-14(18)15(20)17-16(2,12-19)13-8-5-4-6-9-13/h4-11,19H,3,12H2,1-2H3,(H,17,20). The molecule has 2 N–H and O–H groups in total. The van der Waals surface area contributed by atoms with Gasteiger partial charge in [-0.1, -0.05) is 30.3 Å². The van der Waals surface area contributed by atoms with Gasteiger partial charge in [-0.15, -0.1) is 0 Å². The van der Waals surface area contributed by atoms with Crippen molar-refractivity contribution in [2.75, 3.05) is 6.61 Å². The van der Waals surface area contributed by atoms with Crippen LogP contribution in [0.3, 0.4) is 0 Å². The molecule has 0 saturated heterocycles. The maximum Gasteiger partial charge on any atom is 0.268 e. The molecule has 0 saturated carbocycles. The monoisotopic (exact) mass is 272 g/mol. The van der Waals surface area contributed by atoms with Crippen LogP contribution in [-0.2, 0) is 12.1 Å². The lowest BCUT2D eigenvalue weighted by molar-refractivity contribution is 0.0840. The van der Waals surface area contributed by atoms with E-state index in [9.17, 15) is 9.90 Å². The predicted octanol–water partition coefficient (Wildman–Crippen LogP) is 2.15. The van der Waals surface area contributed by atoms with Gasteiger partial charge in [-0.25, -0.2) is 0 Å².